The van der Waals surface area contributed by atoms with Crippen LogP contribution in [0, 0.1) is 11.3 Å². The number of hydrogen-bond donors (Lipinski definition) is 2. The van der Waals surface area contributed by atoms with Crippen LogP contribution in [0.5, 0.6) is 0 Å². The number of carboxylic acids is 1. The number of nitriles is 1. The van der Waals surface area contributed by atoms with E-state index in [4.69, 9.17) is 10.4 Å². The third kappa shape index (κ3) is 2.33. The summed E-state index contributed by atoms with van der Waals surface area (Å²) in [5.74, 6) is -0.476. The van der Waals surface area contributed by atoms with Crippen LogP contribution in [0.1, 0.15) is 31.4 Å². The van der Waals surface area contributed by atoms with Crippen molar-refractivity contribution in [3.63, 3.8) is 0 Å². The largest absolute Gasteiger partial charge is 0.481 e. The summed E-state index contributed by atoms with van der Waals surface area (Å²) in [5.41, 5.74) is -0.267. The third-order valence-corrected chi connectivity index (χ3v) is 2.99. The maximum atomic E-state index is 10.8. The van der Waals surface area contributed by atoms with Crippen molar-refractivity contribution in [1.29, 1.82) is 5.26 Å². The summed E-state index contributed by atoms with van der Waals surface area (Å²) < 4.78 is 0. The molecule has 0 amide bonds. The van der Waals surface area contributed by atoms with Gasteiger partial charge in [0.1, 0.15) is 6.07 Å². The maximum absolute atomic E-state index is 10.8. The fraction of sp³-hybridized carbons (Fsp3) is 0.455. The number of aliphatic carboxylic acids is 1. The van der Waals surface area contributed by atoms with Gasteiger partial charge in [-0.25, -0.2) is 9.97 Å². The zero-order chi connectivity index (χ0) is 12.3. The number of carbonyl (C=O) groups is 1. The van der Waals surface area contributed by atoms with E-state index in [1.165, 1.54) is 12.4 Å². The summed E-state index contributed by atoms with van der Waals surface area (Å²) >= 11 is 0. The molecule has 0 saturated heterocycles. The molecule has 0 atom stereocenters. The summed E-state index contributed by atoms with van der Waals surface area (Å²) in [6.07, 6.45) is 5.50. The van der Waals surface area contributed by atoms with E-state index in [1.807, 2.05) is 6.07 Å². The van der Waals surface area contributed by atoms with E-state index in [1.54, 1.807) is 0 Å². The monoisotopic (exact) mass is 232 g/mol. The summed E-state index contributed by atoms with van der Waals surface area (Å²) in [4.78, 5) is 18.7. The van der Waals surface area contributed by atoms with Gasteiger partial charge in [-0.2, -0.15) is 5.26 Å². The number of carboxylic acid groups (broad SMARTS) is 1. The molecule has 17 heavy (non-hydrogen) atoms. The molecular weight excluding hydrogens is 220 g/mol. The number of nitrogens with zero attached hydrogens (tertiary/aromatic N) is 3. The highest BCUT2D eigenvalue weighted by atomic mass is 16.4. The molecule has 0 aliphatic heterocycles. The van der Waals surface area contributed by atoms with Gasteiger partial charge in [-0.1, -0.05) is 0 Å². The molecule has 1 fully saturated rings. The third-order valence-electron chi connectivity index (χ3n) is 2.99. The molecule has 6 nitrogen and oxygen atoms in total. The van der Waals surface area contributed by atoms with Crippen molar-refractivity contribution in [2.45, 2.75) is 31.2 Å². The summed E-state index contributed by atoms with van der Waals surface area (Å²) in [7, 11) is 0. The van der Waals surface area contributed by atoms with E-state index in [2.05, 4.69) is 15.3 Å². The van der Waals surface area contributed by atoms with Crippen molar-refractivity contribution in [3.05, 3.63) is 18.1 Å². The van der Waals surface area contributed by atoms with Gasteiger partial charge in [0.15, 0.2) is 11.5 Å². The zero-order valence-electron chi connectivity index (χ0n) is 9.18. The fourth-order valence-corrected chi connectivity index (χ4v) is 2.00. The van der Waals surface area contributed by atoms with E-state index in [9.17, 15) is 4.79 Å². The Hall–Kier alpha value is -2.16. The minimum absolute atomic E-state index is 0.0362. The smallest absolute Gasteiger partial charge is 0.305 e. The summed E-state index contributed by atoms with van der Waals surface area (Å²) in [5, 5.41) is 20.8. The maximum Gasteiger partial charge on any atom is 0.305 e. The molecule has 0 unspecified atom stereocenters. The lowest BCUT2D eigenvalue weighted by Gasteiger charge is -2.41. The predicted octanol–water partition coefficient (Wildman–Crippen LogP) is 1.16. The lowest BCUT2D eigenvalue weighted by Crippen LogP contribution is -2.47. The first-order valence-electron chi connectivity index (χ1n) is 5.36. The van der Waals surface area contributed by atoms with Crippen LogP contribution in [-0.2, 0) is 4.79 Å². The van der Waals surface area contributed by atoms with Crippen molar-refractivity contribution < 1.29 is 9.90 Å². The minimum Gasteiger partial charge on any atom is -0.481 e. The van der Waals surface area contributed by atoms with Gasteiger partial charge >= 0.3 is 5.97 Å². The first kappa shape index (κ1) is 11.3. The quantitative estimate of drug-likeness (QED) is 0.808. The number of hydrogen-bond acceptors (Lipinski definition) is 5. The number of anilines is 1. The highest BCUT2D eigenvalue weighted by Gasteiger charge is 2.39. The first-order chi connectivity index (χ1) is 8.15. The molecule has 6 heteroatoms. The standard InChI is InChI=1S/C11H12N4O2/c12-7-8-10(14-5-4-13-8)15-11(2-1-3-11)6-9(16)17/h4-5H,1-3,6H2,(H,14,15)(H,16,17). The molecule has 0 radical (unpaired) electrons. The number of aromatic nitrogens is 2. The molecule has 0 bridgehead atoms. The van der Waals surface area contributed by atoms with Gasteiger partial charge in [0, 0.05) is 17.9 Å². The lowest BCUT2D eigenvalue weighted by atomic mass is 9.74. The Kier molecular flexibility index (Phi) is 2.91. The van der Waals surface area contributed by atoms with Crippen LogP contribution in [0.2, 0.25) is 0 Å². The fourth-order valence-electron chi connectivity index (χ4n) is 2.00. The molecule has 88 valence electrons. The molecule has 1 aliphatic carbocycles. The van der Waals surface area contributed by atoms with Gasteiger partial charge in [-0.3, -0.25) is 4.79 Å². The van der Waals surface area contributed by atoms with Crippen molar-refractivity contribution in [1.82, 2.24) is 9.97 Å². The second-order valence-corrected chi connectivity index (χ2v) is 4.19. The van der Waals surface area contributed by atoms with Gasteiger partial charge in [0.25, 0.3) is 0 Å². The van der Waals surface area contributed by atoms with Gasteiger partial charge < -0.3 is 10.4 Å². The van der Waals surface area contributed by atoms with Crippen LogP contribution < -0.4 is 5.32 Å². The topological polar surface area (TPSA) is 98.9 Å². The van der Waals surface area contributed by atoms with E-state index in [-0.39, 0.29) is 12.1 Å². The van der Waals surface area contributed by atoms with Gasteiger partial charge in [-0.05, 0) is 19.3 Å². The van der Waals surface area contributed by atoms with Crippen molar-refractivity contribution in [2.24, 2.45) is 0 Å². The lowest BCUT2D eigenvalue weighted by molar-refractivity contribution is -0.138. The molecule has 1 aliphatic rings. The van der Waals surface area contributed by atoms with Crippen LogP contribution >= 0.6 is 0 Å². The molecule has 2 rings (SSSR count). The Morgan fingerprint density at radius 3 is 2.76 bits per heavy atom. The normalized spacial score (nSPS) is 16.6. The molecular formula is C11H12N4O2. The molecule has 1 saturated carbocycles. The number of nitrogens with one attached hydrogen (secondary N) is 1. The van der Waals surface area contributed by atoms with E-state index in [0.717, 1.165) is 19.3 Å². The molecule has 0 aromatic carbocycles. The zero-order valence-corrected chi connectivity index (χ0v) is 9.18. The Labute approximate surface area is 98.3 Å². The highest BCUT2D eigenvalue weighted by Crippen LogP contribution is 2.38. The van der Waals surface area contributed by atoms with Crippen LogP contribution in [0.15, 0.2) is 12.4 Å². The summed E-state index contributed by atoms with van der Waals surface area (Å²) in [6.45, 7) is 0. The van der Waals surface area contributed by atoms with Crippen LogP contribution in [0.25, 0.3) is 0 Å². The van der Waals surface area contributed by atoms with E-state index >= 15 is 0 Å². The van der Waals surface area contributed by atoms with Gasteiger partial charge in [0.2, 0.25) is 0 Å². The van der Waals surface area contributed by atoms with Crippen LogP contribution in [-0.4, -0.2) is 26.6 Å². The van der Waals surface area contributed by atoms with Crippen LogP contribution in [0.4, 0.5) is 5.82 Å². The second-order valence-electron chi connectivity index (χ2n) is 4.19. The summed E-state index contributed by atoms with van der Waals surface area (Å²) in [6, 6.07) is 1.94. The van der Waals surface area contributed by atoms with Crippen molar-refractivity contribution in [2.75, 3.05) is 5.32 Å². The average Bonchev–Trinajstić information content (AvgIpc) is 2.26. The Balaban J connectivity index is 2.19. The van der Waals surface area contributed by atoms with Gasteiger partial charge in [0.05, 0.1) is 6.42 Å². The van der Waals surface area contributed by atoms with Gasteiger partial charge in [-0.15, -0.1) is 0 Å². The second kappa shape index (κ2) is 4.37. The Bertz CT molecular complexity index is 477. The Morgan fingerprint density at radius 2 is 2.24 bits per heavy atom. The van der Waals surface area contributed by atoms with E-state index < -0.39 is 11.5 Å². The predicted molar refractivity (Wildman–Crippen MR) is 59.2 cm³/mol. The molecule has 1 aromatic heterocycles. The Morgan fingerprint density at radius 1 is 1.53 bits per heavy atom. The number of rotatable bonds is 4. The molecule has 0 spiro atoms. The highest BCUT2D eigenvalue weighted by molar-refractivity contribution is 5.70. The van der Waals surface area contributed by atoms with Crippen molar-refractivity contribution >= 4 is 11.8 Å². The van der Waals surface area contributed by atoms with E-state index in [0.29, 0.717) is 5.82 Å². The average molecular weight is 232 g/mol. The van der Waals surface area contributed by atoms with Crippen molar-refractivity contribution in [3.8, 4) is 6.07 Å². The SMILES string of the molecule is N#Cc1nccnc1NC1(CC(=O)O)CCC1. The molecule has 1 aromatic rings. The minimum atomic E-state index is -0.848. The molecule has 1 heterocycles. The molecule has 2 N–H and O–H groups in total. The first-order valence-corrected chi connectivity index (χ1v) is 5.36. The van der Waals surface area contributed by atoms with Crippen LogP contribution in [0.3, 0.4) is 0 Å².